The number of hydrogen-bond donors (Lipinski definition) is 0. The SMILES string of the molecule is COC(=O)c1c(C)c(C(=O)[C@@H](C)N(C(=O)c2cccc(OC)c2)C2CC2)c(C)n1C. The van der Waals surface area contributed by atoms with Crippen molar-refractivity contribution in [2.24, 2.45) is 7.05 Å². The number of rotatable bonds is 7. The fraction of sp³-hybridized carbons (Fsp3) is 0.435. The third-order valence-corrected chi connectivity index (χ3v) is 5.84. The van der Waals surface area contributed by atoms with E-state index in [0.717, 1.165) is 12.8 Å². The van der Waals surface area contributed by atoms with E-state index in [9.17, 15) is 14.4 Å². The number of hydrogen-bond acceptors (Lipinski definition) is 5. The molecule has 0 unspecified atom stereocenters. The number of ketones is 1. The predicted molar refractivity (Wildman–Crippen MR) is 112 cm³/mol. The van der Waals surface area contributed by atoms with Crippen LogP contribution in [0.3, 0.4) is 0 Å². The minimum Gasteiger partial charge on any atom is -0.497 e. The topological polar surface area (TPSA) is 77.8 Å². The standard InChI is InChI=1S/C23H28N2O5/c1-13-19(14(2)24(4)20(13)23(28)30-6)21(26)15(3)25(17-10-11-17)22(27)16-8-7-9-18(12-16)29-5/h7-9,12,15,17H,10-11H2,1-6H3/t15-/m1/s1. The molecule has 0 N–H and O–H groups in total. The Hall–Kier alpha value is -3.09. The molecule has 1 saturated carbocycles. The smallest absolute Gasteiger partial charge is 0.354 e. The molecule has 7 heteroatoms. The molecule has 3 rings (SSSR count). The second-order valence-corrected chi connectivity index (χ2v) is 7.70. The highest BCUT2D eigenvalue weighted by molar-refractivity contribution is 6.07. The molecule has 1 aromatic carbocycles. The number of carbonyl (C=O) groups is 3. The fourth-order valence-corrected chi connectivity index (χ4v) is 3.98. The van der Waals surface area contributed by atoms with E-state index in [1.165, 1.54) is 7.11 Å². The molecule has 1 atom stereocenters. The van der Waals surface area contributed by atoms with E-state index in [4.69, 9.17) is 9.47 Å². The Balaban J connectivity index is 1.97. The van der Waals surface area contributed by atoms with Crippen LogP contribution in [0.2, 0.25) is 0 Å². The molecule has 160 valence electrons. The van der Waals surface area contributed by atoms with E-state index < -0.39 is 12.0 Å². The fourth-order valence-electron chi connectivity index (χ4n) is 3.98. The first-order valence-corrected chi connectivity index (χ1v) is 9.98. The molecular weight excluding hydrogens is 384 g/mol. The molecule has 7 nitrogen and oxygen atoms in total. The lowest BCUT2D eigenvalue weighted by atomic mass is 9.99. The summed E-state index contributed by atoms with van der Waals surface area (Å²) in [6, 6.07) is 6.32. The van der Waals surface area contributed by atoms with Crippen molar-refractivity contribution in [1.82, 2.24) is 9.47 Å². The molecule has 1 aliphatic carbocycles. The maximum Gasteiger partial charge on any atom is 0.354 e. The largest absolute Gasteiger partial charge is 0.497 e. The molecule has 30 heavy (non-hydrogen) atoms. The number of methoxy groups -OCH3 is 2. The van der Waals surface area contributed by atoms with Gasteiger partial charge in [-0.15, -0.1) is 0 Å². The van der Waals surface area contributed by atoms with Gasteiger partial charge in [-0.25, -0.2) is 4.79 Å². The zero-order valence-electron chi connectivity index (χ0n) is 18.3. The first-order chi connectivity index (χ1) is 14.2. The first-order valence-electron chi connectivity index (χ1n) is 9.98. The Labute approximate surface area is 176 Å². The number of amides is 1. The maximum atomic E-state index is 13.5. The van der Waals surface area contributed by atoms with Crippen molar-refractivity contribution in [3.05, 3.63) is 52.3 Å². The average Bonchev–Trinajstić information content (AvgIpc) is 3.55. The number of Topliss-reactive ketones (excluding diaryl/α,β-unsaturated/α-hetero) is 1. The molecule has 2 aromatic rings. The van der Waals surface area contributed by atoms with Crippen LogP contribution in [0, 0.1) is 13.8 Å². The minimum atomic E-state index is -0.665. The van der Waals surface area contributed by atoms with Gasteiger partial charge in [-0.2, -0.15) is 0 Å². The third-order valence-electron chi connectivity index (χ3n) is 5.84. The lowest BCUT2D eigenvalue weighted by Crippen LogP contribution is -2.45. The highest BCUT2D eigenvalue weighted by Gasteiger charge is 2.40. The van der Waals surface area contributed by atoms with Crippen LogP contribution in [0.5, 0.6) is 5.75 Å². The van der Waals surface area contributed by atoms with Gasteiger partial charge in [-0.1, -0.05) is 6.07 Å². The molecular formula is C23H28N2O5. The zero-order chi connectivity index (χ0) is 22.2. The summed E-state index contributed by atoms with van der Waals surface area (Å²) >= 11 is 0. The average molecular weight is 412 g/mol. The van der Waals surface area contributed by atoms with E-state index in [1.807, 2.05) is 0 Å². The van der Waals surface area contributed by atoms with Crippen LogP contribution in [0.4, 0.5) is 0 Å². The number of ether oxygens (including phenoxy) is 2. The second kappa shape index (κ2) is 8.34. The van der Waals surface area contributed by atoms with Crippen LogP contribution in [0.15, 0.2) is 24.3 Å². The summed E-state index contributed by atoms with van der Waals surface area (Å²) in [5.41, 5.74) is 2.55. The van der Waals surface area contributed by atoms with Gasteiger partial charge in [0.25, 0.3) is 5.91 Å². The van der Waals surface area contributed by atoms with Crippen molar-refractivity contribution in [2.75, 3.05) is 14.2 Å². The predicted octanol–water partition coefficient (Wildman–Crippen LogP) is 3.31. The van der Waals surface area contributed by atoms with Crippen molar-refractivity contribution in [1.29, 1.82) is 0 Å². The van der Waals surface area contributed by atoms with E-state index >= 15 is 0 Å². The summed E-state index contributed by atoms with van der Waals surface area (Å²) in [6.45, 7) is 5.29. The summed E-state index contributed by atoms with van der Waals surface area (Å²) in [5, 5.41) is 0. The van der Waals surface area contributed by atoms with E-state index in [1.54, 1.807) is 68.7 Å². The van der Waals surface area contributed by atoms with Crippen molar-refractivity contribution >= 4 is 17.7 Å². The molecule has 1 fully saturated rings. The number of esters is 1. The van der Waals surface area contributed by atoms with Crippen molar-refractivity contribution < 1.29 is 23.9 Å². The highest BCUT2D eigenvalue weighted by atomic mass is 16.5. The molecule has 1 heterocycles. The molecule has 1 aromatic heterocycles. The Kier molecular flexibility index (Phi) is 6.01. The van der Waals surface area contributed by atoms with Crippen LogP contribution >= 0.6 is 0 Å². The van der Waals surface area contributed by atoms with Gasteiger partial charge in [-0.05, 0) is 57.4 Å². The van der Waals surface area contributed by atoms with Gasteiger partial charge >= 0.3 is 5.97 Å². The number of nitrogens with zero attached hydrogens (tertiary/aromatic N) is 2. The van der Waals surface area contributed by atoms with Crippen LogP contribution < -0.4 is 4.74 Å². The Morgan fingerprint density at radius 3 is 2.40 bits per heavy atom. The van der Waals surface area contributed by atoms with Gasteiger partial charge in [0.2, 0.25) is 0 Å². The quantitative estimate of drug-likeness (QED) is 0.515. The van der Waals surface area contributed by atoms with Crippen molar-refractivity contribution in [3.63, 3.8) is 0 Å². The summed E-state index contributed by atoms with van der Waals surface area (Å²) < 4.78 is 11.8. The van der Waals surface area contributed by atoms with E-state index in [-0.39, 0.29) is 17.7 Å². The van der Waals surface area contributed by atoms with Crippen LogP contribution in [0.1, 0.15) is 62.2 Å². The Morgan fingerprint density at radius 1 is 1.17 bits per heavy atom. The molecule has 0 spiro atoms. The van der Waals surface area contributed by atoms with E-state index in [2.05, 4.69) is 0 Å². The van der Waals surface area contributed by atoms with Gasteiger partial charge in [0.1, 0.15) is 11.4 Å². The van der Waals surface area contributed by atoms with Gasteiger partial charge in [-0.3, -0.25) is 9.59 Å². The van der Waals surface area contributed by atoms with Gasteiger partial charge in [0, 0.05) is 29.9 Å². The third kappa shape index (κ3) is 3.72. The van der Waals surface area contributed by atoms with Gasteiger partial charge < -0.3 is 18.9 Å². The van der Waals surface area contributed by atoms with Crippen LogP contribution in [-0.4, -0.2) is 53.4 Å². The summed E-state index contributed by atoms with van der Waals surface area (Å²) in [6.07, 6.45) is 1.74. The lowest BCUT2D eigenvalue weighted by molar-refractivity contribution is 0.0587. The van der Waals surface area contributed by atoms with Crippen molar-refractivity contribution in [3.8, 4) is 5.75 Å². The lowest BCUT2D eigenvalue weighted by Gasteiger charge is -2.29. The summed E-state index contributed by atoms with van der Waals surface area (Å²) in [7, 11) is 4.60. The monoisotopic (exact) mass is 412 g/mol. The normalized spacial score (nSPS) is 14.2. The number of benzene rings is 1. The maximum absolute atomic E-state index is 13.5. The highest BCUT2D eigenvalue weighted by Crippen LogP contribution is 2.33. The number of aromatic nitrogens is 1. The Morgan fingerprint density at radius 2 is 1.83 bits per heavy atom. The Bertz CT molecular complexity index is 1000. The molecule has 0 radical (unpaired) electrons. The van der Waals surface area contributed by atoms with Gasteiger partial charge in [0.15, 0.2) is 5.78 Å². The summed E-state index contributed by atoms with van der Waals surface area (Å²) in [5.74, 6) is -0.278. The van der Waals surface area contributed by atoms with Crippen LogP contribution in [0.25, 0.3) is 0 Å². The first kappa shape index (κ1) is 21.6. The number of carbonyl (C=O) groups excluding carboxylic acids is 3. The molecule has 1 amide bonds. The molecule has 1 aliphatic rings. The second-order valence-electron chi connectivity index (χ2n) is 7.70. The van der Waals surface area contributed by atoms with E-state index in [0.29, 0.717) is 33.8 Å². The molecule has 0 bridgehead atoms. The van der Waals surface area contributed by atoms with Gasteiger partial charge in [0.05, 0.1) is 20.3 Å². The molecule has 0 aliphatic heterocycles. The van der Waals surface area contributed by atoms with Crippen LogP contribution in [-0.2, 0) is 11.8 Å². The van der Waals surface area contributed by atoms with Crippen molar-refractivity contribution in [2.45, 2.75) is 45.7 Å². The molecule has 0 saturated heterocycles. The zero-order valence-corrected chi connectivity index (χ0v) is 18.3. The summed E-state index contributed by atoms with van der Waals surface area (Å²) in [4.78, 5) is 40.7. The minimum absolute atomic E-state index is 0.0343.